The summed E-state index contributed by atoms with van der Waals surface area (Å²) in [6.07, 6.45) is 2.56. The van der Waals surface area contributed by atoms with Crippen molar-refractivity contribution in [3.63, 3.8) is 0 Å². The maximum absolute atomic E-state index is 13.3. The summed E-state index contributed by atoms with van der Waals surface area (Å²) < 4.78 is 13.3. The second kappa shape index (κ2) is 7.31. The van der Waals surface area contributed by atoms with E-state index in [2.05, 4.69) is 10.6 Å². The van der Waals surface area contributed by atoms with E-state index in [1.807, 2.05) is 13.8 Å². The highest BCUT2D eigenvalue weighted by Crippen LogP contribution is 2.07. The normalized spacial score (nSPS) is 10.7. The number of halogens is 1. The van der Waals surface area contributed by atoms with Crippen LogP contribution in [-0.4, -0.2) is 24.4 Å². The minimum atomic E-state index is -0.442. The lowest BCUT2D eigenvalue weighted by Gasteiger charge is -2.08. The van der Waals surface area contributed by atoms with Crippen LogP contribution in [0.2, 0.25) is 0 Å². The Morgan fingerprint density at radius 1 is 1.32 bits per heavy atom. The molecular formula is C14H17FN2O2. The molecular weight excluding hydrogens is 247 g/mol. The number of carbonyl (C=O) groups excluding carboxylic acids is 2. The molecule has 0 saturated heterocycles. The van der Waals surface area contributed by atoms with E-state index >= 15 is 0 Å². The molecule has 1 rings (SSSR count). The number of amides is 2. The summed E-state index contributed by atoms with van der Waals surface area (Å²) in [7, 11) is 0. The summed E-state index contributed by atoms with van der Waals surface area (Å²) in [5.41, 5.74) is 0.323. The van der Waals surface area contributed by atoms with Gasteiger partial charge in [0.2, 0.25) is 11.8 Å². The van der Waals surface area contributed by atoms with Crippen molar-refractivity contribution in [2.24, 2.45) is 0 Å². The number of benzene rings is 1. The van der Waals surface area contributed by atoms with Crippen molar-refractivity contribution in [2.75, 3.05) is 6.54 Å². The van der Waals surface area contributed by atoms with Crippen LogP contribution in [0, 0.1) is 5.82 Å². The molecule has 0 radical (unpaired) electrons. The molecule has 0 fully saturated rings. The monoisotopic (exact) mass is 264 g/mol. The largest absolute Gasteiger partial charge is 0.352 e. The molecule has 5 heteroatoms. The summed E-state index contributed by atoms with van der Waals surface area (Å²) >= 11 is 0. The zero-order valence-electron chi connectivity index (χ0n) is 10.9. The van der Waals surface area contributed by atoms with Crippen molar-refractivity contribution >= 4 is 17.9 Å². The number of carbonyl (C=O) groups is 2. The number of nitrogens with one attached hydrogen (secondary N) is 2. The molecule has 0 unspecified atom stereocenters. The third-order valence-corrected chi connectivity index (χ3v) is 2.19. The first-order valence-electron chi connectivity index (χ1n) is 5.99. The van der Waals surface area contributed by atoms with Crippen LogP contribution in [0.3, 0.4) is 0 Å². The molecule has 2 N–H and O–H groups in total. The van der Waals surface area contributed by atoms with Crippen LogP contribution in [0.4, 0.5) is 4.39 Å². The summed E-state index contributed by atoms with van der Waals surface area (Å²) in [5, 5.41) is 5.06. The van der Waals surface area contributed by atoms with Gasteiger partial charge in [-0.2, -0.15) is 0 Å². The van der Waals surface area contributed by atoms with Crippen LogP contribution in [0.25, 0.3) is 6.08 Å². The van der Waals surface area contributed by atoms with Gasteiger partial charge in [0.05, 0.1) is 6.54 Å². The Balaban J connectivity index is 2.44. The molecule has 0 aliphatic rings. The average molecular weight is 264 g/mol. The Morgan fingerprint density at radius 3 is 2.63 bits per heavy atom. The van der Waals surface area contributed by atoms with Crippen LogP contribution >= 0.6 is 0 Å². The van der Waals surface area contributed by atoms with Crippen molar-refractivity contribution in [3.8, 4) is 0 Å². The van der Waals surface area contributed by atoms with Crippen LogP contribution in [0.15, 0.2) is 30.3 Å². The van der Waals surface area contributed by atoms with Crippen LogP contribution in [0.5, 0.6) is 0 Å². The van der Waals surface area contributed by atoms with Gasteiger partial charge in [-0.05, 0) is 26.0 Å². The highest BCUT2D eigenvalue weighted by atomic mass is 19.1. The lowest BCUT2D eigenvalue weighted by molar-refractivity contribution is -0.124. The van der Waals surface area contributed by atoms with E-state index in [0.29, 0.717) is 5.56 Å². The highest BCUT2D eigenvalue weighted by molar-refractivity contribution is 5.94. The number of hydrogen-bond donors (Lipinski definition) is 2. The molecule has 0 atom stereocenters. The molecule has 19 heavy (non-hydrogen) atoms. The molecule has 1 aromatic rings. The van der Waals surface area contributed by atoms with Gasteiger partial charge in [0.1, 0.15) is 5.82 Å². The number of rotatable bonds is 5. The van der Waals surface area contributed by atoms with E-state index in [-0.39, 0.29) is 18.5 Å². The Kier molecular flexibility index (Phi) is 5.73. The molecule has 0 heterocycles. The fraction of sp³-hybridized carbons (Fsp3) is 0.286. The lowest BCUT2D eigenvalue weighted by Crippen LogP contribution is -2.39. The van der Waals surface area contributed by atoms with Gasteiger partial charge in [-0.1, -0.05) is 18.2 Å². The van der Waals surface area contributed by atoms with E-state index in [0.717, 1.165) is 0 Å². The maximum Gasteiger partial charge on any atom is 0.244 e. The molecule has 2 amide bonds. The van der Waals surface area contributed by atoms with Gasteiger partial charge in [0.15, 0.2) is 0 Å². The predicted octanol–water partition coefficient (Wildman–Crippen LogP) is 1.48. The molecule has 0 aromatic heterocycles. The van der Waals surface area contributed by atoms with E-state index in [1.54, 1.807) is 18.2 Å². The first-order valence-corrected chi connectivity index (χ1v) is 5.99. The first kappa shape index (κ1) is 14.9. The van der Waals surface area contributed by atoms with Crippen molar-refractivity contribution in [2.45, 2.75) is 19.9 Å². The highest BCUT2D eigenvalue weighted by Gasteiger charge is 2.04. The Morgan fingerprint density at radius 2 is 2.00 bits per heavy atom. The standard InChI is InChI=1S/C14H17FN2O2/c1-10(2)17-14(19)9-16-13(18)8-7-11-5-3-4-6-12(11)15/h3-8,10H,9H2,1-2H3,(H,16,18)(H,17,19)/b8-7+. The van der Waals surface area contributed by atoms with Gasteiger partial charge >= 0.3 is 0 Å². The van der Waals surface area contributed by atoms with E-state index in [9.17, 15) is 14.0 Å². The minimum Gasteiger partial charge on any atom is -0.352 e. The fourth-order valence-electron chi connectivity index (χ4n) is 1.38. The fourth-order valence-corrected chi connectivity index (χ4v) is 1.38. The minimum absolute atomic E-state index is 0.0263. The van der Waals surface area contributed by atoms with Crippen LogP contribution in [0.1, 0.15) is 19.4 Å². The zero-order valence-corrected chi connectivity index (χ0v) is 10.9. The van der Waals surface area contributed by atoms with Gasteiger partial charge in [-0.3, -0.25) is 9.59 Å². The smallest absolute Gasteiger partial charge is 0.244 e. The van der Waals surface area contributed by atoms with Crippen molar-refractivity contribution in [1.29, 1.82) is 0 Å². The summed E-state index contributed by atoms with van der Waals surface area (Å²) in [6.45, 7) is 3.56. The molecule has 102 valence electrons. The summed E-state index contributed by atoms with van der Waals surface area (Å²) in [6, 6.07) is 6.15. The van der Waals surface area contributed by atoms with Gasteiger partial charge in [0, 0.05) is 17.7 Å². The molecule has 0 bridgehead atoms. The zero-order chi connectivity index (χ0) is 14.3. The maximum atomic E-state index is 13.3. The molecule has 0 aliphatic carbocycles. The van der Waals surface area contributed by atoms with Crippen molar-refractivity contribution in [3.05, 3.63) is 41.7 Å². The van der Waals surface area contributed by atoms with Crippen molar-refractivity contribution in [1.82, 2.24) is 10.6 Å². The molecule has 1 aromatic carbocycles. The summed E-state index contributed by atoms with van der Waals surface area (Å²) in [4.78, 5) is 22.7. The Labute approximate surface area is 111 Å². The molecule has 0 aliphatic heterocycles. The third kappa shape index (κ3) is 5.81. The second-order valence-corrected chi connectivity index (χ2v) is 4.29. The van der Waals surface area contributed by atoms with Gasteiger partial charge in [-0.25, -0.2) is 4.39 Å². The quantitative estimate of drug-likeness (QED) is 0.791. The van der Waals surface area contributed by atoms with Crippen LogP contribution < -0.4 is 10.6 Å². The van der Waals surface area contributed by atoms with Gasteiger partial charge in [0.25, 0.3) is 0 Å². The lowest BCUT2D eigenvalue weighted by atomic mass is 10.2. The predicted molar refractivity (Wildman–Crippen MR) is 71.7 cm³/mol. The van der Waals surface area contributed by atoms with E-state index in [1.165, 1.54) is 18.2 Å². The van der Waals surface area contributed by atoms with E-state index < -0.39 is 11.7 Å². The van der Waals surface area contributed by atoms with Crippen LogP contribution in [-0.2, 0) is 9.59 Å². The third-order valence-electron chi connectivity index (χ3n) is 2.19. The second-order valence-electron chi connectivity index (χ2n) is 4.29. The van der Waals surface area contributed by atoms with Gasteiger partial charge < -0.3 is 10.6 Å². The van der Waals surface area contributed by atoms with E-state index in [4.69, 9.17) is 0 Å². The topological polar surface area (TPSA) is 58.2 Å². The Hall–Kier alpha value is -2.17. The molecule has 4 nitrogen and oxygen atoms in total. The molecule has 0 saturated carbocycles. The summed E-state index contributed by atoms with van der Waals surface area (Å²) in [5.74, 6) is -1.10. The molecule has 0 spiro atoms. The average Bonchev–Trinajstić information content (AvgIpc) is 2.34. The SMILES string of the molecule is CC(C)NC(=O)CNC(=O)/C=C/c1ccccc1F. The first-order chi connectivity index (χ1) is 8.99. The van der Waals surface area contributed by atoms with Gasteiger partial charge in [-0.15, -0.1) is 0 Å². The Bertz CT molecular complexity index is 484. The number of hydrogen-bond acceptors (Lipinski definition) is 2. The van der Waals surface area contributed by atoms with Crippen molar-refractivity contribution < 1.29 is 14.0 Å².